The number of anilines is 2. The summed E-state index contributed by atoms with van der Waals surface area (Å²) in [6.07, 6.45) is 0. The minimum Gasteiger partial charge on any atom is -0.324 e. The Labute approximate surface area is 148 Å². The zero-order chi connectivity index (χ0) is 17.7. The number of hydrogen-bond acceptors (Lipinski definition) is 6. The number of carbonyl (C=O) groups excluding carboxylic acids is 1. The van der Waals surface area contributed by atoms with Gasteiger partial charge in [0.25, 0.3) is 0 Å². The van der Waals surface area contributed by atoms with Crippen molar-refractivity contribution in [2.24, 2.45) is 0 Å². The van der Waals surface area contributed by atoms with Gasteiger partial charge in [-0.05, 0) is 57.5 Å². The summed E-state index contributed by atoms with van der Waals surface area (Å²) in [5.41, 5.74) is 3.53. The molecule has 0 amide bonds. The van der Waals surface area contributed by atoms with Gasteiger partial charge in [-0.25, -0.2) is 9.97 Å². The summed E-state index contributed by atoms with van der Waals surface area (Å²) in [6.45, 7) is 7.61. The zero-order valence-electron chi connectivity index (χ0n) is 14.4. The second-order valence-corrected chi connectivity index (χ2v) is 7.25. The molecule has 1 N–H and O–H groups in total. The van der Waals surface area contributed by atoms with E-state index in [0.717, 1.165) is 21.6 Å². The molecule has 0 saturated heterocycles. The first-order valence-electron chi connectivity index (χ1n) is 7.95. The van der Waals surface area contributed by atoms with E-state index >= 15 is 0 Å². The molecule has 126 valence electrons. The Morgan fingerprint density at radius 1 is 1.12 bits per heavy atom. The number of ketones is 1. The van der Waals surface area contributed by atoms with Crippen LogP contribution in [0, 0.1) is 20.8 Å². The Morgan fingerprint density at radius 2 is 1.84 bits per heavy atom. The molecular formula is C18H17N5OS. The van der Waals surface area contributed by atoms with E-state index in [-0.39, 0.29) is 5.78 Å². The van der Waals surface area contributed by atoms with Crippen molar-refractivity contribution in [2.75, 3.05) is 5.32 Å². The highest BCUT2D eigenvalue weighted by Gasteiger charge is 2.17. The van der Waals surface area contributed by atoms with Crippen LogP contribution >= 0.6 is 11.3 Å². The van der Waals surface area contributed by atoms with E-state index in [2.05, 4.69) is 29.2 Å². The molecule has 0 fully saturated rings. The quantitative estimate of drug-likeness (QED) is 0.560. The Bertz CT molecular complexity index is 1120. The summed E-state index contributed by atoms with van der Waals surface area (Å²) in [4.78, 5) is 22.9. The monoisotopic (exact) mass is 351 g/mol. The van der Waals surface area contributed by atoms with Crippen molar-refractivity contribution in [1.82, 2.24) is 19.6 Å². The van der Waals surface area contributed by atoms with Crippen LogP contribution in [-0.4, -0.2) is 25.4 Å². The SMILES string of the molecule is CC(=O)c1ccc(Nc2nc3sc(C)c(C)c3c3nc(C)nn23)cc1. The number of nitrogens with one attached hydrogen (secondary N) is 1. The highest BCUT2D eigenvalue weighted by atomic mass is 32.1. The second-order valence-electron chi connectivity index (χ2n) is 6.05. The lowest BCUT2D eigenvalue weighted by molar-refractivity contribution is 0.101. The van der Waals surface area contributed by atoms with Crippen molar-refractivity contribution in [3.8, 4) is 0 Å². The summed E-state index contributed by atoms with van der Waals surface area (Å²) in [7, 11) is 0. The van der Waals surface area contributed by atoms with Crippen molar-refractivity contribution in [1.29, 1.82) is 0 Å². The first-order valence-corrected chi connectivity index (χ1v) is 8.77. The normalized spacial score (nSPS) is 11.4. The molecule has 0 atom stereocenters. The maximum absolute atomic E-state index is 11.4. The number of fused-ring (bicyclic) bond motifs is 3. The van der Waals surface area contributed by atoms with E-state index in [1.165, 1.54) is 10.4 Å². The average molecular weight is 351 g/mol. The van der Waals surface area contributed by atoms with Crippen molar-refractivity contribution >= 4 is 44.6 Å². The molecule has 7 heteroatoms. The number of aromatic nitrogens is 4. The summed E-state index contributed by atoms with van der Waals surface area (Å²) < 4.78 is 1.75. The third-order valence-electron chi connectivity index (χ3n) is 4.26. The van der Waals surface area contributed by atoms with E-state index in [0.29, 0.717) is 17.3 Å². The lowest BCUT2D eigenvalue weighted by atomic mass is 10.1. The molecule has 0 radical (unpaired) electrons. The van der Waals surface area contributed by atoms with Gasteiger partial charge in [-0.3, -0.25) is 4.79 Å². The van der Waals surface area contributed by atoms with E-state index in [9.17, 15) is 4.79 Å². The van der Waals surface area contributed by atoms with Gasteiger partial charge in [-0.1, -0.05) is 0 Å². The smallest absolute Gasteiger partial charge is 0.231 e. The third kappa shape index (κ3) is 2.56. The Kier molecular flexibility index (Phi) is 3.54. The van der Waals surface area contributed by atoms with Gasteiger partial charge in [0.2, 0.25) is 5.95 Å². The minimum absolute atomic E-state index is 0.0462. The van der Waals surface area contributed by atoms with Gasteiger partial charge in [0.1, 0.15) is 10.7 Å². The number of carbonyl (C=O) groups is 1. The lowest BCUT2D eigenvalue weighted by Gasteiger charge is -2.08. The van der Waals surface area contributed by atoms with Crippen LogP contribution < -0.4 is 5.32 Å². The molecule has 0 unspecified atom stereocenters. The fourth-order valence-electron chi connectivity index (χ4n) is 2.82. The Balaban J connectivity index is 1.87. The van der Waals surface area contributed by atoms with Crippen molar-refractivity contribution < 1.29 is 4.79 Å². The molecule has 4 rings (SSSR count). The van der Waals surface area contributed by atoms with Crippen molar-refractivity contribution in [3.05, 3.63) is 46.1 Å². The van der Waals surface area contributed by atoms with E-state index < -0.39 is 0 Å². The number of aryl methyl sites for hydroxylation is 3. The van der Waals surface area contributed by atoms with Crippen molar-refractivity contribution in [2.45, 2.75) is 27.7 Å². The van der Waals surface area contributed by atoms with Gasteiger partial charge in [0.05, 0.1) is 5.39 Å². The number of benzene rings is 1. The lowest BCUT2D eigenvalue weighted by Crippen LogP contribution is -2.03. The number of hydrogen-bond donors (Lipinski definition) is 1. The average Bonchev–Trinajstić information content (AvgIpc) is 3.08. The van der Waals surface area contributed by atoms with E-state index in [1.807, 2.05) is 19.1 Å². The number of nitrogens with zero attached hydrogens (tertiary/aromatic N) is 4. The maximum Gasteiger partial charge on any atom is 0.231 e. The number of Topliss-reactive ketones (excluding diaryl/α,β-unsaturated/α-hetero) is 1. The predicted octanol–water partition coefficient (Wildman–Crippen LogP) is 4.21. The van der Waals surface area contributed by atoms with Gasteiger partial charge in [-0.2, -0.15) is 4.52 Å². The van der Waals surface area contributed by atoms with Crippen LogP contribution in [0.25, 0.3) is 15.9 Å². The highest BCUT2D eigenvalue weighted by Crippen LogP contribution is 2.33. The molecule has 0 saturated carbocycles. The number of rotatable bonds is 3. The second kappa shape index (κ2) is 5.63. The minimum atomic E-state index is 0.0462. The fourth-order valence-corrected chi connectivity index (χ4v) is 3.84. The van der Waals surface area contributed by atoms with Crippen LogP contribution in [0.3, 0.4) is 0 Å². The standard InChI is InChI=1S/C18H17N5OS/c1-9-11(3)25-17-15(9)16-19-12(4)22-23(16)18(21-17)20-14-7-5-13(6-8-14)10(2)24/h5-8H,1-4H3,(H,20,21). The summed E-state index contributed by atoms with van der Waals surface area (Å²) in [5.74, 6) is 1.36. The molecule has 25 heavy (non-hydrogen) atoms. The Morgan fingerprint density at radius 3 is 2.52 bits per heavy atom. The van der Waals surface area contributed by atoms with Gasteiger partial charge in [0, 0.05) is 16.1 Å². The molecule has 1 aromatic carbocycles. The summed E-state index contributed by atoms with van der Waals surface area (Å²) in [5, 5.41) is 8.83. The molecular weight excluding hydrogens is 334 g/mol. The van der Waals surface area contributed by atoms with Gasteiger partial charge >= 0.3 is 0 Å². The summed E-state index contributed by atoms with van der Waals surface area (Å²) in [6, 6.07) is 7.32. The molecule has 6 nitrogen and oxygen atoms in total. The zero-order valence-corrected chi connectivity index (χ0v) is 15.2. The van der Waals surface area contributed by atoms with Crippen LogP contribution in [0.15, 0.2) is 24.3 Å². The van der Waals surface area contributed by atoms with Crippen molar-refractivity contribution in [3.63, 3.8) is 0 Å². The summed E-state index contributed by atoms with van der Waals surface area (Å²) >= 11 is 1.66. The van der Waals surface area contributed by atoms with E-state index in [4.69, 9.17) is 4.98 Å². The molecule has 0 aliphatic rings. The van der Waals surface area contributed by atoms with Crippen LogP contribution in [0.2, 0.25) is 0 Å². The largest absolute Gasteiger partial charge is 0.324 e. The Hall–Kier alpha value is -2.80. The molecule has 0 aliphatic carbocycles. The van der Waals surface area contributed by atoms with Gasteiger partial charge < -0.3 is 5.32 Å². The van der Waals surface area contributed by atoms with Gasteiger partial charge in [0.15, 0.2) is 11.4 Å². The molecule has 4 aromatic rings. The van der Waals surface area contributed by atoms with Crippen LogP contribution in [0.4, 0.5) is 11.6 Å². The van der Waals surface area contributed by atoms with Crippen LogP contribution in [-0.2, 0) is 0 Å². The molecule has 3 aromatic heterocycles. The van der Waals surface area contributed by atoms with Crippen LogP contribution in [0.1, 0.15) is 33.5 Å². The maximum atomic E-state index is 11.4. The van der Waals surface area contributed by atoms with E-state index in [1.54, 1.807) is 34.9 Å². The first-order chi connectivity index (χ1) is 11.9. The molecule has 0 bridgehead atoms. The fraction of sp³-hybridized carbons (Fsp3) is 0.222. The third-order valence-corrected chi connectivity index (χ3v) is 5.36. The topological polar surface area (TPSA) is 72.2 Å². The first kappa shape index (κ1) is 15.7. The molecule has 3 heterocycles. The van der Waals surface area contributed by atoms with Crippen LogP contribution in [0.5, 0.6) is 0 Å². The molecule has 0 aliphatic heterocycles. The molecule has 0 spiro atoms. The number of thiophene rings is 1. The highest BCUT2D eigenvalue weighted by molar-refractivity contribution is 7.18. The van der Waals surface area contributed by atoms with Gasteiger partial charge in [-0.15, -0.1) is 16.4 Å². The predicted molar refractivity (Wildman–Crippen MR) is 100 cm³/mol.